The minimum absolute atomic E-state index is 0. The first-order valence-corrected chi connectivity index (χ1v) is 20.8. The average Bonchev–Trinajstić information content (AvgIpc) is 3.35. The van der Waals surface area contributed by atoms with E-state index < -0.39 is 92.5 Å². The van der Waals surface area contributed by atoms with Crippen LogP contribution in [0.5, 0.6) is 0 Å². The molecule has 6 aromatic heterocycles. The Morgan fingerprint density at radius 3 is 0.920 bits per heavy atom. The smallest absolute Gasteiger partial charge is 0.545 e. The first-order valence-electron chi connectivity index (χ1n) is 18.3. The van der Waals surface area contributed by atoms with Gasteiger partial charge in [-0.2, -0.15) is 30.0 Å². The fourth-order valence-electron chi connectivity index (χ4n) is 5.90. The second-order valence-corrected chi connectivity index (χ2v) is 13.9. The molecule has 0 radical (unpaired) electrons. The van der Waals surface area contributed by atoms with E-state index in [0.29, 0.717) is 0 Å². The van der Waals surface area contributed by atoms with Crippen LogP contribution in [0.2, 0.25) is 0 Å². The summed E-state index contributed by atoms with van der Waals surface area (Å²) in [5.74, 6) is -10.7. The van der Waals surface area contributed by atoms with E-state index >= 15 is 0 Å². The summed E-state index contributed by atoms with van der Waals surface area (Å²) < 4.78 is 0. The number of carbonyl (C=O) groups excluding carboxylic acids is 6. The number of nitrogens with zero attached hydrogens (tertiary/aromatic N) is 12. The topological polar surface area (TPSA) is 392 Å². The van der Waals surface area contributed by atoms with Gasteiger partial charge < -0.3 is 59.4 Å². The number of aromatic nitrogens is 6. The molecule has 6 rings (SSSR count). The molecule has 0 saturated heterocycles. The Kier molecular flexibility index (Phi) is 24.8. The Hall–Kier alpha value is -7.61. The molecule has 0 fully saturated rings. The Labute approximate surface area is 487 Å². The Bertz CT molecular complexity index is 3470. The van der Waals surface area contributed by atoms with Crippen molar-refractivity contribution >= 4 is 174 Å². The number of aromatic carboxylic acids is 6. The van der Waals surface area contributed by atoms with Gasteiger partial charge in [-0.25, -0.2) is 19.9 Å². The Balaban J connectivity index is 0.000000494. The van der Waals surface area contributed by atoms with E-state index in [-0.39, 0.29) is 115 Å². The van der Waals surface area contributed by atoms with Gasteiger partial charge in [-0.15, -0.1) is 0 Å². The van der Waals surface area contributed by atoms with Crippen LogP contribution in [0.15, 0.2) is 90.9 Å². The molecule has 0 aromatic carbocycles. The van der Waals surface area contributed by atoms with E-state index in [1.807, 2.05) is 31.0 Å². The molecule has 0 amide bonds. The maximum atomic E-state index is 12.0. The van der Waals surface area contributed by atoms with Crippen LogP contribution in [-0.2, 0) is 58.4 Å². The number of hydrogen-bond acceptors (Lipinski definition) is 30. The summed E-state index contributed by atoms with van der Waals surface area (Å²) in [6.07, 6.45) is 2.29. The van der Waals surface area contributed by atoms with Gasteiger partial charge >= 0.3 is 58.4 Å². The molecule has 0 unspecified atom stereocenters. The SMILES string of the molecule is O=C([O-])c1ccnc(-c2cc(C(=O)[O-])cc(-c3nc(N=C=S)c(N=C=S)c(C(=O)[O-])c3N=C=S)n2)c1.O=C([O-])c1ccnc(-c2cc(C(=O)[O-])cc(-c3nc(N=C=S)c(N=C=S)c(C(=O)[O-])c3N=C=S)n2)c1.[Ru+2].[Ru+2].[Ru+2]. The zero-order valence-corrected chi connectivity index (χ0v) is 45.7. The molecule has 0 aliphatic heterocycles. The number of aliphatic imine (C=N–C) groups is 6. The maximum absolute atomic E-state index is 12.0. The van der Waals surface area contributed by atoms with E-state index in [9.17, 15) is 59.4 Å². The molecule has 24 nitrogen and oxygen atoms in total. The van der Waals surface area contributed by atoms with Gasteiger partial charge in [-0.05, 0) is 122 Å². The molecular weight excluding hydrogens is 1360 g/mol. The van der Waals surface area contributed by atoms with Crippen molar-refractivity contribution in [3.05, 3.63) is 94.3 Å². The fraction of sp³-hybridized carbons (Fsp3) is 0. The summed E-state index contributed by atoms with van der Waals surface area (Å²) in [4.78, 5) is 117. The maximum Gasteiger partial charge on any atom is 2.00 e. The minimum atomic E-state index is -1.80. The predicted octanol–water partition coefficient (Wildman–Crippen LogP) is 0.990. The van der Waals surface area contributed by atoms with Gasteiger partial charge in [0.25, 0.3) is 0 Å². The van der Waals surface area contributed by atoms with E-state index in [1.54, 1.807) is 0 Å². The number of rotatable bonds is 16. The van der Waals surface area contributed by atoms with Crippen molar-refractivity contribution in [1.82, 2.24) is 29.9 Å². The third-order valence-corrected chi connectivity index (χ3v) is 9.27. The average molecular weight is 1370 g/mol. The first-order chi connectivity index (χ1) is 34.4. The predicted molar refractivity (Wildman–Crippen MR) is 255 cm³/mol. The standard InChI is InChI=1S/2C21H8N6O6S3.3Ru/c2*28-19(29)9-1-2-22-11(3-9)12-4-10(20(30)31)5-13(26-12)15-16(23-6-34)14(21(32)33)17(24-7-35)18(27-15)25-8-36;;;/h2*1-5H,(H,28,29)(H,30,31)(H,32,33);;;/q;;3*+2/p-6. The second kappa shape index (κ2) is 29.3. The van der Waals surface area contributed by atoms with Crippen molar-refractivity contribution < 1.29 is 118 Å². The molecule has 75 heavy (non-hydrogen) atoms. The van der Waals surface area contributed by atoms with Gasteiger partial charge in [-0.3, -0.25) is 9.97 Å². The Morgan fingerprint density at radius 2 is 0.640 bits per heavy atom. The van der Waals surface area contributed by atoms with Crippen molar-refractivity contribution in [2.24, 2.45) is 30.0 Å². The molecule has 0 aliphatic rings. The van der Waals surface area contributed by atoms with Crippen LogP contribution >= 0.6 is 73.3 Å². The summed E-state index contributed by atoms with van der Waals surface area (Å²) in [5.41, 5.74) is -6.21. The summed E-state index contributed by atoms with van der Waals surface area (Å²) in [6.45, 7) is 0. The van der Waals surface area contributed by atoms with Crippen LogP contribution in [0.1, 0.15) is 62.1 Å². The van der Waals surface area contributed by atoms with Crippen LogP contribution in [0.3, 0.4) is 0 Å². The van der Waals surface area contributed by atoms with Gasteiger partial charge in [0, 0.05) is 34.6 Å². The molecule has 0 saturated carbocycles. The Morgan fingerprint density at radius 1 is 0.360 bits per heavy atom. The number of pyridine rings is 6. The number of isothiocyanates is 6. The first kappa shape index (κ1) is 63.5. The zero-order valence-electron chi connectivity index (χ0n) is 35.5. The zero-order chi connectivity index (χ0) is 52.8. The third-order valence-electron chi connectivity index (χ3n) is 8.72. The molecule has 6 aromatic rings. The summed E-state index contributed by atoms with van der Waals surface area (Å²) in [5, 5.41) is 82.0. The van der Waals surface area contributed by atoms with Crippen molar-refractivity contribution in [2.45, 2.75) is 0 Å². The number of hydrogen-bond donors (Lipinski definition) is 0. The summed E-state index contributed by atoms with van der Waals surface area (Å²) in [7, 11) is 0. The third kappa shape index (κ3) is 15.2. The van der Waals surface area contributed by atoms with E-state index in [4.69, 9.17) is 0 Å². The molecule has 0 spiro atoms. The number of carboxylic acids is 6. The molecule has 6 heterocycles. The van der Waals surface area contributed by atoms with Crippen LogP contribution < -0.4 is 30.6 Å². The molecule has 0 bridgehead atoms. The fourth-order valence-corrected chi connectivity index (χ4v) is 6.44. The molecular formula is C42H10N12O12Ru3S6. The van der Waals surface area contributed by atoms with Crippen molar-refractivity contribution in [1.29, 1.82) is 0 Å². The van der Waals surface area contributed by atoms with Gasteiger partial charge in [0.15, 0.2) is 11.6 Å². The van der Waals surface area contributed by atoms with Crippen molar-refractivity contribution in [3.8, 4) is 45.6 Å². The van der Waals surface area contributed by atoms with Gasteiger partial charge in [-0.1, -0.05) is 0 Å². The van der Waals surface area contributed by atoms with Gasteiger partial charge in [0.05, 0.1) is 112 Å². The van der Waals surface area contributed by atoms with E-state index in [0.717, 1.165) is 60.9 Å². The molecule has 0 N–H and O–H groups in total. The van der Waals surface area contributed by atoms with Crippen molar-refractivity contribution in [3.63, 3.8) is 0 Å². The van der Waals surface area contributed by atoms with Crippen molar-refractivity contribution in [2.75, 3.05) is 0 Å². The minimum Gasteiger partial charge on any atom is -0.545 e. The molecule has 33 heteroatoms. The van der Waals surface area contributed by atoms with Crippen LogP contribution in [0.4, 0.5) is 34.4 Å². The largest absolute Gasteiger partial charge is 2.00 e. The van der Waals surface area contributed by atoms with Gasteiger partial charge in [0.1, 0.15) is 34.1 Å². The van der Waals surface area contributed by atoms with Gasteiger partial charge in [0.2, 0.25) is 0 Å². The molecule has 0 aliphatic carbocycles. The quantitative estimate of drug-likeness (QED) is 0.0740. The van der Waals surface area contributed by atoms with Crippen LogP contribution in [0, 0.1) is 0 Å². The second-order valence-electron chi connectivity index (χ2n) is 12.8. The number of carbonyl (C=O) groups is 6. The summed E-state index contributed by atoms with van der Waals surface area (Å²) in [6, 6.07) is 8.62. The monoisotopic (exact) mass is 1370 g/mol. The van der Waals surface area contributed by atoms with Crippen LogP contribution in [0.25, 0.3) is 45.6 Å². The van der Waals surface area contributed by atoms with E-state index in [1.165, 1.54) is 0 Å². The van der Waals surface area contributed by atoms with Crippen LogP contribution in [-0.4, -0.2) is 96.7 Å². The van der Waals surface area contributed by atoms with E-state index in [2.05, 4.69) is 133 Å². The number of carboxylic acid groups (broad SMARTS) is 6. The number of thiocarbonyl (C=S) groups is 6. The molecule has 0 atom stereocenters. The normalized spacial score (nSPS) is 9.39. The summed E-state index contributed by atoms with van der Waals surface area (Å²) >= 11 is 27.5. The molecule has 370 valence electrons.